The largest absolute Gasteiger partial charge is 0.465 e. The average Bonchev–Trinajstić information content (AvgIpc) is 1.81. The fraction of sp³-hybridized carbons (Fsp3) is 0.875. The Kier molecular flexibility index (Phi) is 4.72. The second-order valence-electron chi connectivity index (χ2n) is 3.78. The number of aliphatic hydroxyl groups is 1. The molecule has 0 bridgehead atoms. The van der Waals surface area contributed by atoms with E-state index in [0.29, 0.717) is 19.6 Å². The fourth-order valence-corrected chi connectivity index (χ4v) is 1.09. The molecule has 0 rings (SSSR count). The molecule has 78 valence electrons. The number of rotatable bonds is 5. The number of nitrogens with one attached hydrogen (secondary N) is 1. The van der Waals surface area contributed by atoms with Crippen LogP contribution in [-0.2, 0) is 0 Å². The first kappa shape index (κ1) is 12.2. The summed E-state index contributed by atoms with van der Waals surface area (Å²) in [5.74, 6) is 0. The minimum absolute atomic E-state index is 0.377. The molecule has 5 heteroatoms. The minimum Gasteiger partial charge on any atom is -0.465 e. The van der Waals surface area contributed by atoms with Crippen LogP contribution in [0.5, 0.6) is 0 Å². The predicted molar refractivity (Wildman–Crippen MR) is 49.8 cm³/mol. The summed E-state index contributed by atoms with van der Waals surface area (Å²) in [4.78, 5) is 12.0. The lowest BCUT2D eigenvalue weighted by molar-refractivity contribution is 0.0451. The zero-order chi connectivity index (χ0) is 10.5. The molecule has 0 atom stereocenters. The maximum atomic E-state index is 10.1. The SMILES string of the molecule is CN(CCNC(=O)O)CC(C)(C)O. The molecule has 0 unspecified atom stereocenters. The Labute approximate surface area is 78.4 Å². The predicted octanol–water partition coefficient (Wildman–Crippen LogP) is -0.0433. The number of nitrogens with zero attached hydrogens (tertiary/aromatic N) is 1. The van der Waals surface area contributed by atoms with Gasteiger partial charge in [0.2, 0.25) is 0 Å². The van der Waals surface area contributed by atoms with Crippen LogP contribution in [0.2, 0.25) is 0 Å². The number of likely N-dealkylation sites (N-methyl/N-ethyl adjacent to an activating group) is 1. The van der Waals surface area contributed by atoms with Gasteiger partial charge < -0.3 is 20.4 Å². The highest BCUT2D eigenvalue weighted by Crippen LogP contribution is 2.01. The molecule has 3 N–H and O–H groups in total. The molecule has 0 aliphatic rings. The van der Waals surface area contributed by atoms with Crippen LogP contribution in [0.3, 0.4) is 0 Å². The van der Waals surface area contributed by atoms with E-state index >= 15 is 0 Å². The molecule has 0 saturated heterocycles. The van der Waals surface area contributed by atoms with Gasteiger partial charge >= 0.3 is 6.09 Å². The molecule has 13 heavy (non-hydrogen) atoms. The van der Waals surface area contributed by atoms with Gasteiger partial charge in [0.15, 0.2) is 0 Å². The Hall–Kier alpha value is -0.810. The van der Waals surface area contributed by atoms with Crippen molar-refractivity contribution < 1.29 is 15.0 Å². The van der Waals surface area contributed by atoms with Gasteiger partial charge in [0.1, 0.15) is 0 Å². The molecular weight excluding hydrogens is 172 g/mol. The molecule has 0 aliphatic heterocycles. The first-order valence-corrected chi connectivity index (χ1v) is 4.19. The van der Waals surface area contributed by atoms with Crippen molar-refractivity contribution in [2.75, 3.05) is 26.7 Å². The molecule has 0 radical (unpaired) electrons. The summed E-state index contributed by atoms with van der Waals surface area (Å²) < 4.78 is 0. The number of hydrogen-bond donors (Lipinski definition) is 3. The first-order chi connectivity index (χ1) is 5.81. The van der Waals surface area contributed by atoms with Crippen LogP contribution in [0, 0.1) is 0 Å². The summed E-state index contributed by atoms with van der Waals surface area (Å²) in [5.41, 5.74) is -0.738. The van der Waals surface area contributed by atoms with Crippen molar-refractivity contribution in [3.05, 3.63) is 0 Å². The van der Waals surface area contributed by atoms with Gasteiger partial charge in [0.05, 0.1) is 5.60 Å². The van der Waals surface area contributed by atoms with Crippen LogP contribution >= 0.6 is 0 Å². The molecule has 0 spiro atoms. The Bertz CT molecular complexity index is 165. The quantitative estimate of drug-likeness (QED) is 0.568. The van der Waals surface area contributed by atoms with Gasteiger partial charge in [-0.2, -0.15) is 0 Å². The van der Waals surface area contributed by atoms with Crippen LogP contribution in [0.15, 0.2) is 0 Å². The monoisotopic (exact) mass is 190 g/mol. The van der Waals surface area contributed by atoms with E-state index in [4.69, 9.17) is 5.11 Å². The minimum atomic E-state index is -1.02. The van der Waals surface area contributed by atoms with E-state index in [1.54, 1.807) is 13.8 Å². The first-order valence-electron chi connectivity index (χ1n) is 4.19. The molecule has 0 aromatic rings. The summed E-state index contributed by atoms with van der Waals surface area (Å²) >= 11 is 0. The van der Waals surface area contributed by atoms with Gasteiger partial charge in [-0.05, 0) is 20.9 Å². The van der Waals surface area contributed by atoms with Crippen molar-refractivity contribution in [1.29, 1.82) is 0 Å². The van der Waals surface area contributed by atoms with Gasteiger partial charge in [-0.25, -0.2) is 4.79 Å². The molecule has 0 aromatic heterocycles. The second-order valence-corrected chi connectivity index (χ2v) is 3.78. The lowest BCUT2D eigenvalue weighted by Gasteiger charge is -2.25. The Morgan fingerprint density at radius 3 is 2.46 bits per heavy atom. The van der Waals surface area contributed by atoms with Crippen LogP contribution in [-0.4, -0.2) is 53.5 Å². The van der Waals surface area contributed by atoms with E-state index in [-0.39, 0.29) is 0 Å². The summed E-state index contributed by atoms with van der Waals surface area (Å²) in [7, 11) is 1.83. The van der Waals surface area contributed by atoms with Crippen molar-refractivity contribution in [2.24, 2.45) is 0 Å². The second kappa shape index (κ2) is 5.04. The van der Waals surface area contributed by atoms with Crippen LogP contribution in [0.4, 0.5) is 4.79 Å². The smallest absolute Gasteiger partial charge is 0.404 e. The number of carboxylic acid groups (broad SMARTS) is 1. The lowest BCUT2D eigenvalue weighted by atomic mass is 10.1. The summed E-state index contributed by atoms with van der Waals surface area (Å²) in [6, 6.07) is 0. The summed E-state index contributed by atoms with van der Waals surface area (Å²) in [5, 5.41) is 20.0. The van der Waals surface area contributed by atoms with E-state index < -0.39 is 11.7 Å². The fourth-order valence-electron chi connectivity index (χ4n) is 1.09. The van der Waals surface area contributed by atoms with E-state index in [9.17, 15) is 9.90 Å². The summed E-state index contributed by atoms with van der Waals surface area (Å²) in [6.45, 7) is 4.93. The van der Waals surface area contributed by atoms with Crippen molar-refractivity contribution in [3.63, 3.8) is 0 Å². The molecule has 0 heterocycles. The van der Waals surface area contributed by atoms with Gasteiger partial charge in [-0.3, -0.25) is 0 Å². The highest BCUT2D eigenvalue weighted by molar-refractivity contribution is 5.64. The molecule has 1 amide bonds. The topological polar surface area (TPSA) is 72.8 Å². The van der Waals surface area contributed by atoms with Gasteiger partial charge in [0.25, 0.3) is 0 Å². The highest BCUT2D eigenvalue weighted by atomic mass is 16.4. The number of amides is 1. The number of carbonyl (C=O) groups is 1. The Morgan fingerprint density at radius 1 is 1.54 bits per heavy atom. The highest BCUT2D eigenvalue weighted by Gasteiger charge is 2.14. The maximum absolute atomic E-state index is 10.1. The van der Waals surface area contributed by atoms with Crippen molar-refractivity contribution >= 4 is 6.09 Å². The normalized spacial score (nSPS) is 11.8. The van der Waals surface area contributed by atoms with E-state index in [2.05, 4.69) is 5.32 Å². The average molecular weight is 190 g/mol. The van der Waals surface area contributed by atoms with Crippen molar-refractivity contribution in [2.45, 2.75) is 19.4 Å². The summed E-state index contributed by atoms with van der Waals surface area (Å²) in [6.07, 6.45) is -1.02. The Balaban J connectivity index is 3.52. The van der Waals surface area contributed by atoms with Crippen LogP contribution in [0.25, 0.3) is 0 Å². The number of hydrogen-bond acceptors (Lipinski definition) is 3. The van der Waals surface area contributed by atoms with Crippen molar-refractivity contribution in [1.82, 2.24) is 10.2 Å². The zero-order valence-corrected chi connectivity index (χ0v) is 8.37. The van der Waals surface area contributed by atoms with E-state index in [1.165, 1.54) is 0 Å². The molecule has 5 nitrogen and oxygen atoms in total. The molecule has 0 aromatic carbocycles. The van der Waals surface area contributed by atoms with E-state index in [1.807, 2.05) is 11.9 Å². The van der Waals surface area contributed by atoms with Crippen LogP contribution < -0.4 is 5.32 Å². The van der Waals surface area contributed by atoms with E-state index in [0.717, 1.165) is 0 Å². The lowest BCUT2D eigenvalue weighted by Crippen LogP contribution is -2.40. The third-order valence-corrected chi connectivity index (χ3v) is 1.43. The maximum Gasteiger partial charge on any atom is 0.404 e. The molecular formula is C8H18N2O3. The third-order valence-electron chi connectivity index (χ3n) is 1.43. The van der Waals surface area contributed by atoms with Crippen LogP contribution in [0.1, 0.15) is 13.8 Å². The van der Waals surface area contributed by atoms with Gasteiger partial charge in [-0.1, -0.05) is 0 Å². The molecule has 0 saturated carbocycles. The Morgan fingerprint density at radius 2 is 2.08 bits per heavy atom. The van der Waals surface area contributed by atoms with Gasteiger partial charge in [0, 0.05) is 19.6 Å². The van der Waals surface area contributed by atoms with Crippen molar-refractivity contribution in [3.8, 4) is 0 Å². The van der Waals surface area contributed by atoms with Gasteiger partial charge in [-0.15, -0.1) is 0 Å². The zero-order valence-electron chi connectivity index (χ0n) is 8.37. The third kappa shape index (κ3) is 9.10. The molecule has 0 fully saturated rings. The standard InChI is InChI=1S/C8H18N2O3/c1-8(2,13)6-10(3)5-4-9-7(11)12/h9,13H,4-6H2,1-3H3,(H,11,12). The molecule has 0 aliphatic carbocycles.